The van der Waals surface area contributed by atoms with E-state index in [-0.39, 0.29) is 6.10 Å². The van der Waals surface area contributed by atoms with Crippen molar-refractivity contribution in [1.82, 2.24) is 5.32 Å². The van der Waals surface area contributed by atoms with Crippen molar-refractivity contribution in [2.24, 2.45) is 0 Å². The Morgan fingerprint density at radius 2 is 2.67 bits per heavy atom. The van der Waals surface area contributed by atoms with E-state index in [2.05, 4.69) is 5.32 Å². The standard InChI is InChI=1S/C6H11NO2/c8-3-1-6-5-7-2-4-9-6/h3,6-7H,1-2,4-5H2. The number of aldehydes is 1. The molecule has 0 spiro atoms. The van der Waals surface area contributed by atoms with E-state index in [1.165, 1.54) is 0 Å². The smallest absolute Gasteiger partial charge is 0.122 e. The summed E-state index contributed by atoms with van der Waals surface area (Å²) in [6, 6.07) is 0. The third-order valence-electron chi connectivity index (χ3n) is 1.36. The van der Waals surface area contributed by atoms with E-state index in [0.29, 0.717) is 6.42 Å². The zero-order valence-corrected chi connectivity index (χ0v) is 5.30. The molecular weight excluding hydrogens is 118 g/mol. The minimum atomic E-state index is 0.122. The molecule has 1 aliphatic rings. The van der Waals surface area contributed by atoms with Gasteiger partial charge in [-0.15, -0.1) is 0 Å². The summed E-state index contributed by atoms with van der Waals surface area (Å²) >= 11 is 0. The van der Waals surface area contributed by atoms with Gasteiger partial charge in [0.1, 0.15) is 6.29 Å². The first-order chi connectivity index (χ1) is 4.43. The van der Waals surface area contributed by atoms with Crippen molar-refractivity contribution in [3.63, 3.8) is 0 Å². The number of rotatable bonds is 2. The van der Waals surface area contributed by atoms with Crippen molar-refractivity contribution < 1.29 is 9.53 Å². The van der Waals surface area contributed by atoms with Crippen LogP contribution in [0.25, 0.3) is 0 Å². The summed E-state index contributed by atoms with van der Waals surface area (Å²) in [7, 11) is 0. The van der Waals surface area contributed by atoms with Gasteiger partial charge in [-0.25, -0.2) is 0 Å². The predicted molar refractivity (Wildman–Crippen MR) is 33.3 cm³/mol. The lowest BCUT2D eigenvalue weighted by molar-refractivity contribution is -0.110. The average molecular weight is 129 g/mol. The van der Waals surface area contributed by atoms with Crippen molar-refractivity contribution in [3.05, 3.63) is 0 Å². The maximum absolute atomic E-state index is 9.97. The first-order valence-electron chi connectivity index (χ1n) is 3.19. The fraction of sp³-hybridized carbons (Fsp3) is 0.833. The zero-order chi connectivity index (χ0) is 6.53. The molecule has 0 aliphatic carbocycles. The first kappa shape index (κ1) is 6.71. The summed E-state index contributed by atoms with van der Waals surface area (Å²) < 4.78 is 5.22. The van der Waals surface area contributed by atoms with E-state index in [9.17, 15) is 4.79 Å². The molecule has 0 radical (unpaired) electrons. The normalized spacial score (nSPS) is 27.8. The molecule has 1 atom stereocenters. The Bertz CT molecular complexity index is 89.1. The second-order valence-electron chi connectivity index (χ2n) is 2.10. The Morgan fingerprint density at radius 3 is 3.22 bits per heavy atom. The van der Waals surface area contributed by atoms with Gasteiger partial charge in [-0.05, 0) is 0 Å². The van der Waals surface area contributed by atoms with Gasteiger partial charge in [0.15, 0.2) is 0 Å². The summed E-state index contributed by atoms with van der Waals surface area (Å²) in [4.78, 5) is 9.97. The molecule has 0 aromatic heterocycles. The van der Waals surface area contributed by atoms with Gasteiger partial charge in [0.05, 0.1) is 12.7 Å². The van der Waals surface area contributed by atoms with E-state index >= 15 is 0 Å². The molecule has 0 aromatic carbocycles. The summed E-state index contributed by atoms with van der Waals surface area (Å²) in [5.74, 6) is 0. The van der Waals surface area contributed by atoms with Gasteiger partial charge in [-0.2, -0.15) is 0 Å². The fourth-order valence-electron chi connectivity index (χ4n) is 0.878. The van der Waals surface area contributed by atoms with Crippen molar-refractivity contribution >= 4 is 6.29 Å². The number of nitrogens with one attached hydrogen (secondary N) is 1. The van der Waals surface area contributed by atoms with Crippen molar-refractivity contribution in [2.75, 3.05) is 19.7 Å². The molecule has 1 rings (SSSR count). The van der Waals surface area contributed by atoms with Crippen LogP contribution in [-0.4, -0.2) is 32.1 Å². The predicted octanol–water partition coefficient (Wildman–Crippen LogP) is -0.436. The SMILES string of the molecule is O=CCC1CNCCO1. The quantitative estimate of drug-likeness (QED) is 0.514. The zero-order valence-electron chi connectivity index (χ0n) is 5.30. The Morgan fingerprint density at radius 1 is 1.78 bits per heavy atom. The summed E-state index contributed by atoms with van der Waals surface area (Å²) in [5.41, 5.74) is 0. The molecule has 1 fully saturated rings. The van der Waals surface area contributed by atoms with Gasteiger partial charge in [0.25, 0.3) is 0 Å². The van der Waals surface area contributed by atoms with E-state index in [0.717, 1.165) is 26.0 Å². The van der Waals surface area contributed by atoms with Crippen LogP contribution in [0.3, 0.4) is 0 Å². The molecule has 9 heavy (non-hydrogen) atoms. The van der Waals surface area contributed by atoms with Crippen LogP contribution in [-0.2, 0) is 9.53 Å². The highest BCUT2D eigenvalue weighted by atomic mass is 16.5. The monoisotopic (exact) mass is 129 g/mol. The Kier molecular flexibility index (Phi) is 2.67. The third-order valence-corrected chi connectivity index (χ3v) is 1.36. The molecule has 1 saturated heterocycles. The molecule has 52 valence electrons. The molecular formula is C6H11NO2. The van der Waals surface area contributed by atoms with Crippen LogP contribution in [0.5, 0.6) is 0 Å². The Labute approximate surface area is 54.4 Å². The summed E-state index contributed by atoms with van der Waals surface area (Å²) in [5, 5.41) is 3.14. The van der Waals surface area contributed by atoms with Crippen molar-refractivity contribution in [1.29, 1.82) is 0 Å². The van der Waals surface area contributed by atoms with Gasteiger partial charge in [-0.3, -0.25) is 0 Å². The lowest BCUT2D eigenvalue weighted by Gasteiger charge is -2.21. The molecule has 0 amide bonds. The second kappa shape index (κ2) is 3.58. The van der Waals surface area contributed by atoms with Crippen LogP contribution in [0.4, 0.5) is 0 Å². The van der Waals surface area contributed by atoms with Crippen LogP contribution in [0.15, 0.2) is 0 Å². The molecule has 1 N–H and O–H groups in total. The van der Waals surface area contributed by atoms with Crippen LogP contribution in [0, 0.1) is 0 Å². The van der Waals surface area contributed by atoms with Crippen LogP contribution in [0.2, 0.25) is 0 Å². The average Bonchev–Trinajstić information content (AvgIpc) is 1.91. The highest BCUT2D eigenvalue weighted by molar-refractivity contribution is 5.50. The molecule has 1 unspecified atom stereocenters. The lowest BCUT2D eigenvalue weighted by atomic mass is 10.2. The van der Waals surface area contributed by atoms with Crippen LogP contribution in [0.1, 0.15) is 6.42 Å². The number of ether oxygens (including phenoxy) is 1. The maximum Gasteiger partial charge on any atom is 0.122 e. The van der Waals surface area contributed by atoms with Gasteiger partial charge in [0.2, 0.25) is 0 Å². The largest absolute Gasteiger partial charge is 0.375 e. The minimum Gasteiger partial charge on any atom is -0.375 e. The van der Waals surface area contributed by atoms with E-state index < -0.39 is 0 Å². The second-order valence-corrected chi connectivity index (χ2v) is 2.10. The number of hydrogen-bond acceptors (Lipinski definition) is 3. The molecule has 0 bridgehead atoms. The maximum atomic E-state index is 9.97. The molecule has 3 heteroatoms. The summed E-state index contributed by atoms with van der Waals surface area (Å²) in [6.07, 6.45) is 1.54. The lowest BCUT2D eigenvalue weighted by Crippen LogP contribution is -2.38. The minimum absolute atomic E-state index is 0.122. The fourth-order valence-corrected chi connectivity index (χ4v) is 0.878. The molecule has 1 aliphatic heterocycles. The third kappa shape index (κ3) is 2.11. The number of hydrogen-bond donors (Lipinski definition) is 1. The number of carbonyl (C=O) groups is 1. The van der Waals surface area contributed by atoms with Gasteiger partial charge in [0, 0.05) is 19.5 Å². The van der Waals surface area contributed by atoms with E-state index in [1.807, 2.05) is 0 Å². The Hall–Kier alpha value is -0.410. The van der Waals surface area contributed by atoms with E-state index in [4.69, 9.17) is 4.74 Å². The van der Waals surface area contributed by atoms with Crippen molar-refractivity contribution in [3.8, 4) is 0 Å². The molecule has 0 saturated carbocycles. The van der Waals surface area contributed by atoms with Gasteiger partial charge >= 0.3 is 0 Å². The highest BCUT2D eigenvalue weighted by Gasteiger charge is 2.11. The molecule has 0 aromatic rings. The van der Waals surface area contributed by atoms with Crippen LogP contribution < -0.4 is 5.32 Å². The van der Waals surface area contributed by atoms with E-state index in [1.54, 1.807) is 0 Å². The first-order valence-corrected chi connectivity index (χ1v) is 3.19. The topological polar surface area (TPSA) is 38.3 Å². The Balaban J connectivity index is 2.15. The van der Waals surface area contributed by atoms with Gasteiger partial charge < -0.3 is 14.8 Å². The number of morpholine rings is 1. The highest BCUT2D eigenvalue weighted by Crippen LogP contribution is 1.97. The van der Waals surface area contributed by atoms with Gasteiger partial charge in [-0.1, -0.05) is 0 Å². The van der Waals surface area contributed by atoms with Crippen molar-refractivity contribution in [2.45, 2.75) is 12.5 Å². The van der Waals surface area contributed by atoms with Crippen LogP contribution >= 0.6 is 0 Å². The summed E-state index contributed by atoms with van der Waals surface area (Å²) in [6.45, 7) is 2.46. The molecule has 3 nitrogen and oxygen atoms in total. The molecule has 1 heterocycles. The number of carbonyl (C=O) groups excluding carboxylic acids is 1.